The first-order valence-electron chi connectivity index (χ1n) is 7.98. The Morgan fingerprint density at radius 1 is 1.04 bits per heavy atom. The number of nitrogens with zero attached hydrogens (tertiary/aromatic N) is 1. The maximum atomic E-state index is 12.7. The molecule has 6 nitrogen and oxygen atoms in total. The molecular formula is C19H19NO5. The third-order valence-electron chi connectivity index (χ3n) is 4.03. The van der Waals surface area contributed by atoms with Gasteiger partial charge in [-0.2, -0.15) is 0 Å². The molecule has 0 atom stereocenters. The van der Waals surface area contributed by atoms with Gasteiger partial charge in [0.05, 0.1) is 12.7 Å². The Hall–Kier alpha value is -3.02. The van der Waals surface area contributed by atoms with E-state index in [-0.39, 0.29) is 12.7 Å². The van der Waals surface area contributed by atoms with Crippen molar-refractivity contribution in [3.05, 3.63) is 59.2 Å². The van der Waals surface area contributed by atoms with Crippen LogP contribution in [0.5, 0.6) is 11.5 Å². The number of amides is 1. The van der Waals surface area contributed by atoms with Gasteiger partial charge in [-0.25, -0.2) is 4.79 Å². The number of fused-ring (bicyclic) bond motifs is 1. The molecule has 130 valence electrons. The van der Waals surface area contributed by atoms with E-state index >= 15 is 0 Å². The van der Waals surface area contributed by atoms with Crippen LogP contribution >= 0.6 is 0 Å². The SMILES string of the molecule is CCN(Cc1ccc2c(c1)OCO2)C(=O)c1ccc(C(=O)OC)cc1. The highest BCUT2D eigenvalue weighted by Crippen LogP contribution is 2.32. The Labute approximate surface area is 145 Å². The van der Waals surface area contributed by atoms with Crippen molar-refractivity contribution in [1.82, 2.24) is 4.90 Å². The fourth-order valence-electron chi connectivity index (χ4n) is 2.64. The van der Waals surface area contributed by atoms with Crippen LogP contribution in [0.4, 0.5) is 0 Å². The Bertz CT molecular complexity index is 785. The average Bonchev–Trinajstić information content (AvgIpc) is 3.12. The van der Waals surface area contributed by atoms with Crippen LogP contribution in [0.15, 0.2) is 42.5 Å². The van der Waals surface area contributed by atoms with Gasteiger partial charge in [-0.1, -0.05) is 6.07 Å². The van der Waals surface area contributed by atoms with Crippen LogP contribution in [0, 0.1) is 0 Å². The summed E-state index contributed by atoms with van der Waals surface area (Å²) in [4.78, 5) is 25.9. The highest BCUT2D eigenvalue weighted by atomic mass is 16.7. The molecule has 0 aromatic heterocycles. The summed E-state index contributed by atoms with van der Waals surface area (Å²) < 4.78 is 15.3. The smallest absolute Gasteiger partial charge is 0.337 e. The quantitative estimate of drug-likeness (QED) is 0.783. The first-order chi connectivity index (χ1) is 12.1. The normalized spacial score (nSPS) is 11.9. The Kier molecular flexibility index (Phi) is 4.88. The summed E-state index contributed by atoms with van der Waals surface area (Å²) in [7, 11) is 1.32. The third-order valence-corrected chi connectivity index (χ3v) is 4.03. The summed E-state index contributed by atoms with van der Waals surface area (Å²) in [5.41, 5.74) is 1.90. The van der Waals surface area contributed by atoms with Crippen molar-refractivity contribution >= 4 is 11.9 Å². The summed E-state index contributed by atoms with van der Waals surface area (Å²) in [5.74, 6) is 0.892. The number of esters is 1. The van der Waals surface area contributed by atoms with Crippen molar-refractivity contribution in [1.29, 1.82) is 0 Å². The van der Waals surface area contributed by atoms with Crippen LogP contribution in [-0.2, 0) is 11.3 Å². The van der Waals surface area contributed by atoms with E-state index in [1.165, 1.54) is 7.11 Å². The zero-order chi connectivity index (χ0) is 17.8. The molecule has 1 aliphatic heterocycles. The summed E-state index contributed by atoms with van der Waals surface area (Å²) in [6, 6.07) is 12.1. The maximum absolute atomic E-state index is 12.7. The second-order valence-electron chi connectivity index (χ2n) is 5.58. The minimum absolute atomic E-state index is 0.100. The number of ether oxygens (including phenoxy) is 3. The zero-order valence-corrected chi connectivity index (χ0v) is 14.2. The van der Waals surface area contributed by atoms with Gasteiger partial charge in [-0.3, -0.25) is 4.79 Å². The minimum Gasteiger partial charge on any atom is -0.465 e. The molecule has 0 spiro atoms. The van der Waals surface area contributed by atoms with Gasteiger partial charge in [-0.05, 0) is 48.9 Å². The second-order valence-corrected chi connectivity index (χ2v) is 5.58. The van der Waals surface area contributed by atoms with Gasteiger partial charge in [-0.15, -0.1) is 0 Å². The van der Waals surface area contributed by atoms with Crippen LogP contribution in [0.25, 0.3) is 0 Å². The van der Waals surface area contributed by atoms with Crippen molar-refractivity contribution < 1.29 is 23.8 Å². The summed E-state index contributed by atoms with van der Waals surface area (Å²) in [6.07, 6.45) is 0. The molecule has 0 N–H and O–H groups in total. The molecule has 0 aliphatic carbocycles. The van der Waals surface area contributed by atoms with Crippen molar-refractivity contribution in [2.24, 2.45) is 0 Å². The highest BCUT2D eigenvalue weighted by molar-refractivity contribution is 5.96. The molecular weight excluding hydrogens is 322 g/mol. The van der Waals surface area contributed by atoms with E-state index < -0.39 is 5.97 Å². The van der Waals surface area contributed by atoms with E-state index in [1.54, 1.807) is 29.2 Å². The molecule has 0 fully saturated rings. The number of rotatable bonds is 5. The number of hydrogen-bond donors (Lipinski definition) is 0. The van der Waals surface area contributed by atoms with E-state index in [1.807, 2.05) is 25.1 Å². The third kappa shape index (κ3) is 3.57. The lowest BCUT2D eigenvalue weighted by molar-refractivity contribution is 0.0599. The zero-order valence-electron chi connectivity index (χ0n) is 14.2. The first kappa shape index (κ1) is 16.8. The molecule has 1 amide bonds. The number of methoxy groups -OCH3 is 1. The van der Waals surface area contributed by atoms with Crippen LogP contribution < -0.4 is 9.47 Å². The molecule has 6 heteroatoms. The topological polar surface area (TPSA) is 65.1 Å². The molecule has 1 aliphatic rings. The summed E-state index contributed by atoms with van der Waals surface area (Å²) in [6.45, 7) is 3.17. The number of carbonyl (C=O) groups excluding carboxylic acids is 2. The van der Waals surface area contributed by atoms with Crippen LogP contribution in [0.1, 0.15) is 33.2 Å². The molecule has 2 aromatic rings. The van der Waals surface area contributed by atoms with Gasteiger partial charge in [0.25, 0.3) is 5.91 Å². The van der Waals surface area contributed by atoms with Gasteiger partial charge in [0.15, 0.2) is 11.5 Å². The molecule has 1 heterocycles. The molecule has 2 aromatic carbocycles. The van der Waals surface area contributed by atoms with Gasteiger partial charge >= 0.3 is 5.97 Å². The number of hydrogen-bond acceptors (Lipinski definition) is 5. The molecule has 0 saturated carbocycles. The largest absolute Gasteiger partial charge is 0.465 e. The average molecular weight is 341 g/mol. The lowest BCUT2D eigenvalue weighted by atomic mass is 10.1. The lowest BCUT2D eigenvalue weighted by Crippen LogP contribution is -2.30. The van der Waals surface area contributed by atoms with Crippen LogP contribution in [0.3, 0.4) is 0 Å². The van der Waals surface area contributed by atoms with Crippen LogP contribution in [-0.4, -0.2) is 37.2 Å². The molecule has 0 bridgehead atoms. The predicted octanol–water partition coefficient (Wildman–Crippen LogP) is 2.86. The Morgan fingerprint density at radius 2 is 1.72 bits per heavy atom. The number of benzene rings is 2. The van der Waals surface area contributed by atoms with Gasteiger partial charge < -0.3 is 19.1 Å². The van der Waals surface area contributed by atoms with E-state index in [4.69, 9.17) is 9.47 Å². The highest BCUT2D eigenvalue weighted by Gasteiger charge is 2.18. The molecule has 0 radical (unpaired) electrons. The maximum Gasteiger partial charge on any atom is 0.337 e. The second kappa shape index (κ2) is 7.25. The molecule has 3 rings (SSSR count). The molecule has 0 unspecified atom stereocenters. The lowest BCUT2D eigenvalue weighted by Gasteiger charge is -2.21. The fraction of sp³-hybridized carbons (Fsp3) is 0.263. The van der Waals surface area contributed by atoms with E-state index in [2.05, 4.69) is 4.74 Å². The van der Waals surface area contributed by atoms with Crippen molar-refractivity contribution in [2.75, 3.05) is 20.4 Å². The first-order valence-corrected chi connectivity index (χ1v) is 7.98. The fourth-order valence-corrected chi connectivity index (χ4v) is 2.64. The summed E-state index contributed by atoms with van der Waals surface area (Å²) >= 11 is 0. The van der Waals surface area contributed by atoms with Crippen molar-refractivity contribution in [3.63, 3.8) is 0 Å². The number of carbonyl (C=O) groups is 2. The van der Waals surface area contributed by atoms with Gasteiger partial charge in [0.2, 0.25) is 6.79 Å². The predicted molar refractivity (Wildman–Crippen MR) is 90.8 cm³/mol. The van der Waals surface area contributed by atoms with Gasteiger partial charge in [0, 0.05) is 18.7 Å². The van der Waals surface area contributed by atoms with Gasteiger partial charge in [0.1, 0.15) is 0 Å². The molecule has 0 saturated heterocycles. The Balaban J connectivity index is 1.74. The monoisotopic (exact) mass is 341 g/mol. The van der Waals surface area contributed by atoms with E-state index in [0.717, 1.165) is 11.3 Å². The molecule has 25 heavy (non-hydrogen) atoms. The Morgan fingerprint density at radius 3 is 2.40 bits per heavy atom. The van der Waals surface area contributed by atoms with Crippen molar-refractivity contribution in [2.45, 2.75) is 13.5 Å². The van der Waals surface area contributed by atoms with E-state index in [0.29, 0.717) is 30.0 Å². The standard InChI is InChI=1S/C19H19NO5/c1-3-20(11-13-4-9-16-17(10-13)25-12-24-16)18(21)14-5-7-15(8-6-14)19(22)23-2/h4-10H,3,11-12H2,1-2H3. The minimum atomic E-state index is -0.424. The van der Waals surface area contributed by atoms with Crippen LogP contribution in [0.2, 0.25) is 0 Å². The van der Waals surface area contributed by atoms with Crippen molar-refractivity contribution in [3.8, 4) is 11.5 Å². The summed E-state index contributed by atoms with van der Waals surface area (Å²) in [5, 5.41) is 0. The van der Waals surface area contributed by atoms with E-state index in [9.17, 15) is 9.59 Å².